The lowest BCUT2D eigenvalue weighted by molar-refractivity contribution is -0.145. The molecule has 0 radical (unpaired) electrons. The van der Waals surface area contributed by atoms with Crippen molar-refractivity contribution >= 4 is 5.97 Å². The van der Waals surface area contributed by atoms with Crippen molar-refractivity contribution in [3.8, 4) is 11.5 Å². The minimum absolute atomic E-state index is 0.0470. The van der Waals surface area contributed by atoms with Gasteiger partial charge in [0.05, 0.1) is 26.2 Å². The number of carbonyl (C=O) groups is 1. The molecule has 112 valence electrons. The van der Waals surface area contributed by atoms with Crippen LogP contribution in [-0.2, 0) is 9.53 Å². The van der Waals surface area contributed by atoms with Crippen LogP contribution in [0.3, 0.4) is 0 Å². The van der Waals surface area contributed by atoms with Gasteiger partial charge in [-0.3, -0.25) is 4.79 Å². The van der Waals surface area contributed by atoms with Gasteiger partial charge in [-0.2, -0.15) is 8.78 Å². The molecule has 1 rings (SSSR count). The number of ether oxygens (including phenoxy) is 3. The third-order valence-electron chi connectivity index (χ3n) is 2.45. The normalized spacial score (nSPS) is 12.1. The predicted molar refractivity (Wildman–Crippen MR) is 65.8 cm³/mol. The molecule has 0 aliphatic carbocycles. The van der Waals surface area contributed by atoms with E-state index in [1.54, 1.807) is 6.92 Å². The molecule has 0 aliphatic rings. The Bertz CT molecular complexity index is 450. The molecule has 1 unspecified atom stereocenters. The summed E-state index contributed by atoms with van der Waals surface area (Å²) in [5, 5.41) is 9.86. The number of esters is 1. The van der Waals surface area contributed by atoms with E-state index in [2.05, 4.69) is 4.74 Å². The SMILES string of the molecule is CCOC(=O)CC(O)c1ccc(OC(F)F)c(OC)c1. The van der Waals surface area contributed by atoms with E-state index in [1.165, 1.54) is 25.3 Å². The van der Waals surface area contributed by atoms with Gasteiger partial charge < -0.3 is 19.3 Å². The van der Waals surface area contributed by atoms with Gasteiger partial charge >= 0.3 is 12.6 Å². The fraction of sp³-hybridized carbons (Fsp3) is 0.462. The average Bonchev–Trinajstić information content (AvgIpc) is 2.38. The van der Waals surface area contributed by atoms with Crippen LogP contribution < -0.4 is 9.47 Å². The monoisotopic (exact) mass is 290 g/mol. The minimum atomic E-state index is -2.97. The van der Waals surface area contributed by atoms with Crippen molar-refractivity contribution in [3.05, 3.63) is 23.8 Å². The smallest absolute Gasteiger partial charge is 0.387 e. The highest BCUT2D eigenvalue weighted by molar-refractivity contribution is 5.70. The van der Waals surface area contributed by atoms with Crippen LogP contribution in [0.4, 0.5) is 8.78 Å². The number of hydrogen-bond acceptors (Lipinski definition) is 5. The van der Waals surface area contributed by atoms with Gasteiger partial charge in [-0.15, -0.1) is 0 Å². The van der Waals surface area contributed by atoms with Crippen molar-refractivity contribution in [1.29, 1.82) is 0 Å². The molecule has 7 heteroatoms. The Balaban J connectivity index is 2.83. The third kappa shape index (κ3) is 4.65. The molecule has 0 heterocycles. The molecule has 0 fully saturated rings. The van der Waals surface area contributed by atoms with Gasteiger partial charge in [-0.05, 0) is 24.6 Å². The molecule has 0 saturated heterocycles. The number of hydrogen-bond donors (Lipinski definition) is 1. The number of alkyl halides is 2. The maximum atomic E-state index is 12.2. The van der Waals surface area contributed by atoms with Crippen LogP contribution >= 0.6 is 0 Å². The van der Waals surface area contributed by atoms with E-state index in [1.807, 2.05) is 0 Å². The van der Waals surface area contributed by atoms with E-state index in [0.717, 1.165) is 0 Å². The summed E-state index contributed by atoms with van der Waals surface area (Å²) in [5.41, 5.74) is 0.344. The predicted octanol–water partition coefficient (Wildman–Crippen LogP) is 2.28. The third-order valence-corrected chi connectivity index (χ3v) is 2.45. The molecule has 1 aromatic rings. The van der Waals surface area contributed by atoms with Gasteiger partial charge in [0.2, 0.25) is 0 Å². The fourth-order valence-corrected chi connectivity index (χ4v) is 1.58. The highest BCUT2D eigenvalue weighted by atomic mass is 19.3. The average molecular weight is 290 g/mol. The van der Waals surface area contributed by atoms with E-state index in [0.29, 0.717) is 5.56 Å². The Labute approximate surface area is 115 Å². The lowest BCUT2D eigenvalue weighted by atomic mass is 10.1. The molecule has 0 aromatic heterocycles. The first kappa shape index (κ1) is 16.2. The number of benzene rings is 1. The number of carbonyl (C=O) groups excluding carboxylic acids is 1. The summed E-state index contributed by atoms with van der Waals surface area (Å²) < 4.78 is 38.2. The van der Waals surface area contributed by atoms with Gasteiger partial charge in [-0.1, -0.05) is 6.07 Å². The summed E-state index contributed by atoms with van der Waals surface area (Å²) in [6.07, 6.45) is -1.34. The first-order chi connectivity index (χ1) is 9.47. The molecule has 1 N–H and O–H groups in total. The highest BCUT2D eigenvalue weighted by Gasteiger charge is 2.17. The summed E-state index contributed by atoms with van der Waals surface area (Å²) >= 11 is 0. The van der Waals surface area contributed by atoms with Crippen LogP contribution in [0.5, 0.6) is 11.5 Å². The number of aliphatic hydroxyl groups excluding tert-OH is 1. The zero-order valence-electron chi connectivity index (χ0n) is 11.1. The summed E-state index contributed by atoms with van der Waals surface area (Å²) in [6.45, 7) is -1.10. The minimum Gasteiger partial charge on any atom is -0.493 e. The standard InChI is InChI=1S/C13H16F2O5/c1-3-19-12(17)7-9(16)8-4-5-10(20-13(14)15)11(6-8)18-2/h4-6,9,13,16H,3,7H2,1-2H3. The van der Waals surface area contributed by atoms with Crippen LogP contribution in [0, 0.1) is 0 Å². The van der Waals surface area contributed by atoms with Crippen molar-refractivity contribution in [3.63, 3.8) is 0 Å². The summed E-state index contributed by atoms with van der Waals surface area (Å²) in [4.78, 5) is 11.3. The van der Waals surface area contributed by atoms with Crippen LogP contribution in [-0.4, -0.2) is 31.4 Å². The number of methoxy groups -OCH3 is 1. The maximum absolute atomic E-state index is 12.2. The van der Waals surface area contributed by atoms with Gasteiger partial charge in [0.25, 0.3) is 0 Å². The molecule has 0 aliphatic heterocycles. The quantitative estimate of drug-likeness (QED) is 0.780. The van der Waals surface area contributed by atoms with Crippen molar-refractivity contribution in [2.24, 2.45) is 0 Å². The second kappa shape index (κ2) is 7.64. The van der Waals surface area contributed by atoms with Crippen molar-refractivity contribution < 1.29 is 32.9 Å². The van der Waals surface area contributed by atoms with E-state index >= 15 is 0 Å². The summed E-state index contributed by atoms with van der Waals surface area (Å²) in [6, 6.07) is 3.96. The van der Waals surface area contributed by atoms with E-state index in [-0.39, 0.29) is 24.5 Å². The zero-order chi connectivity index (χ0) is 15.1. The largest absolute Gasteiger partial charge is 0.493 e. The summed E-state index contributed by atoms with van der Waals surface area (Å²) in [7, 11) is 1.29. The van der Waals surface area contributed by atoms with Crippen LogP contribution in [0.15, 0.2) is 18.2 Å². The lowest BCUT2D eigenvalue weighted by Crippen LogP contribution is -2.10. The van der Waals surface area contributed by atoms with E-state index in [4.69, 9.17) is 9.47 Å². The highest BCUT2D eigenvalue weighted by Crippen LogP contribution is 2.32. The zero-order valence-corrected chi connectivity index (χ0v) is 11.1. The van der Waals surface area contributed by atoms with Crippen LogP contribution in [0.1, 0.15) is 25.0 Å². The van der Waals surface area contributed by atoms with E-state index < -0.39 is 18.7 Å². The molecular formula is C13H16F2O5. The molecule has 0 saturated carbocycles. The molecule has 0 spiro atoms. The Hall–Kier alpha value is -1.89. The Morgan fingerprint density at radius 3 is 2.60 bits per heavy atom. The first-order valence-corrected chi connectivity index (χ1v) is 5.94. The fourth-order valence-electron chi connectivity index (χ4n) is 1.58. The molecule has 1 atom stereocenters. The number of rotatable bonds is 7. The Morgan fingerprint density at radius 1 is 1.35 bits per heavy atom. The molecule has 5 nitrogen and oxygen atoms in total. The van der Waals surface area contributed by atoms with Gasteiger partial charge in [-0.25, -0.2) is 0 Å². The summed E-state index contributed by atoms with van der Waals surface area (Å²) in [5.74, 6) is -0.646. The number of halogens is 2. The van der Waals surface area contributed by atoms with Gasteiger partial charge in [0.15, 0.2) is 11.5 Å². The molecule has 0 bridgehead atoms. The van der Waals surface area contributed by atoms with Gasteiger partial charge in [0, 0.05) is 0 Å². The second-order valence-corrected chi connectivity index (χ2v) is 3.81. The first-order valence-electron chi connectivity index (χ1n) is 5.94. The Kier molecular flexibility index (Phi) is 6.17. The van der Waals surface area contributed by atoms with Crippen LogP contribution in [0.2, 0.25) is 0 Å². The maximum Gasteiger partial charge on any atom is 0.387 e. The van der Waals surface area contributed by atoms with Gasteiger partial charge in [0.1, 0.15) is 0 Å². The number of aliphatic hydroxyl groups is 1. The molecule has 20 heavy (non-hydrogen) atoms. The molecule has 1 aromatic carbocycles. The lowest BCUT2D eigenvalue weighted by Gasteiger charge is -2.14. The van der Waals surface area contributed by atoms with Crippen molar-refractivity contribution in [2.45, 2.75) is 26.1 Å². The molecule has 0 amide bonds. The Morgan fingerprint density at radius 2 is 2.05 bits per heavy atom. The van der Waals surface area contributed by atoms with Crippen LogP contribution in [0.25, 0.3) is 0 Å². The van der Waals surface area contributed by atoms with Crippen molar-refractivity contribution in [2.75, 3.05) is 13.7 Å². The molecular weight excluding hydrogens is 274 g/mol. The van der Waals surface area contributed by atoms with E-state index in [9.17, 15) is 18.7 Å². The second-order valence-electron chi connectivity index (χ2n) is 3.81. The van der Waals surface area contributed by atoms with Crippen molar-refractivity contribution in [1.82, 2.24) is 0 Å². The topological polar surface area (TPSA) is 65.0 Å².